The highest BCUT2D eigenvalue weighted by Crippen LogP contribution is 2.52. The van der Waals surface area contributed by atoms with E-state index in [4.69, 9.17) is 0 Å². The maximum atomic E-state index is 9.74. The Morgan fingerprint density at radius 2 is 1.42 bits per heavy atom. The number of hydrogen-bond donors (Lipinski definition) is 2. The molecule has 3 rings (SSSR count). The first-order valence-electron chi connectivity index (χ1n) is 4.52. The average molecular weight is 164 g/mol. The smallest absolute Gasteiger partial charge is 0.0761 e. The van der Waals surface area contributed by atoms with Crippen LogP contribution in [0.25, 0.3) is 0 Å². The summed E-state index contributed by atoms with van der Waals surface area (Å²) in [6, 6.07) is 0. The third kappa shape index (κ3) is 0.595. The minimum absolute atomic E-state index is 0.199. The molecule has 0 spiro atoms. The molecule has 5 unspecified atom stereocenters. The van der Waals surface area contributed by atoms with Gasteiger partial charge in [-0.2, -0.15) is 0 Å². The second-order valence-corrected chi connectivity index (χ2v) is 4.06. The third-order valence-electron chi connectivity index (χ3n) is 3.60. The highest BCUT2D eigenvalue weighted by Gasteiger charge is 2.53. The molecule has 1 fully saturated rings. The molecule has 0 radical (unpaired) electrons. The lowest BCUT2D eigenvalue weighted by Crippen LogP contribution is -2.25. The number of aliphatic hydroxyl groups is 2. The number of fused-ring (bicyclic) bond motifs is 5. The van der Waals surface area contributed by atoms with Crippen LogP contribution in [0.5, 0.6) is 0 Å². The lowest BCUT2D eigenvalue weighted by molar-refractivity contribution is 0.0966. The molecule has 0 aromatic rings. The molecule has 0 aromatic carbocycles. The predicted octanol–water partition coefficient (Wildman–Crippen LogP) is 0.326. The first-order chi connectivity index (χ1) is 5.79. The predicted molar refractivity (Wildman–Crippen MR) is 44.3 cm³/mol. The van der Waals surface area contributed by atoms with Crippen molar-refractivity contribution in [2.75, 3.05) is 0 Å². The van der Waals surface area contributed by atoms with Crippen molar-refractivity contribution >= 4 is 0 Å². The van der Waals surface area contributed by atoms with Gasteiger partial charge in [0.1, 0.15) is 0 Å². The van der Waals surface area contributed by atoms with Crippen molar-refractivity contribution in [1.82, 2.24) is 0 Å². The summed E-state index contributed by atoms with van der Waals surface area (Å²) in [6.45, 7) is 0. The van der Waals surface area contributed by atoms with Crippen LogP contribution in [-0.2, 0) is 0 Å². The van der Waals surface area contributed by atoms with E-state index in [9.17, 15) is 10.2 Å². The van der Waals surface area contributed by atoms with Gasteiger partial charge in [0.15, 0.2) is 0 Å². The molecule has 64 valence electrons. The van der Waals surface area contributed by atoms with Gasteiger partial charge < -0.3 is 10.2 Å². The molecular weight excluding hydrogens is 152 g/mol. The average Bonchev–Trinajstić information content (AvgIpc) is 2.66. The van der Waals surface area contributed by atoms with Gasteiger partial charge in [-0.25, -0.2) is 0 Å². The molecule has 12 heavy (non-hydrogen) atoms. The Balaban J connectivity index is 2.03. The van der Waals surface area contributed by atoms with E-state index >= 15 is 0 Å². The van der Waals surface area contributed by atoms with E-state index in [1.54, 1.807) is 0 Å². The highest BCUT2D eigenvalue weighted by molar-refractivity contribution is 5.27. The summed E-state index contributed by atoms with van der Waals surface area (Å²) < 4.78 is 0. The summed E-state index contributed by atoms with van der Waals surface area (Å²) in [4.78, 5) is 0. The minimum atomic E-state index is -0.329. The van der Waals surface area contributed by atoms with Crippen LogP contribution in [0.4, 0.5) is 0 Å². The van der Waals surface area contributed by atoms with E-state index in [-0.39, 0.29) is 30.0 Å². The van der Waals surface area contributed by atoms with Crippen LogP contribution in [0.2, 0.25) is 0 Å². The zero-order valence-corrected chi connectivity index (χ0v) is 6.67. The number of rotatable bonds is 0. The van der Waals surface area contributed by atoms with Gasteiger partial charge in [0.25, 0.3) is 0 Å². The van der Waals surface area contributed by atoms with Crippen molar-refractivity contribution in [3.63, 3.8) is 0 Å². The van der Waals surface area contributed by atoms with Crippen molar-refractivity contribution in [2.45, 2.75) is 12.2 Å². The standard InChI is InChI=1S/C10H12O2/c11-8-4-3-5-6-1-2-7(9(5)8)10(6)12/h1-12H/t5?,6?,7?,8-,9?,10?/m1/s1. The number of hydrogen-bond acceptors (Lipinski definition) is 2. The van der Waals surface area contributed by atoms with Gasteiger partial charge >= 0.3 is 0 Å². The maximum absolute atomic E-state index is 9.74. The largest absolute Gasteiger partial charge is 0.392 e. The molecule has 0 aromatic heterocycles. The van der Waals surface area contributed by atoms with Crippen molar-refractivity contribution in [3.05, 3.63) is 24.3 Å². The Hall–Kier alpha value is -0.600. The number of allylic oxidation sites excluding steroid dienone is 1. The fraction of sp³-hybridized carbons (Fsp3) is 0.600. The molecule has 6 atom stereocenters. The molecule has 0 amide bonds. The molecule has 0 aliphatic heterocycles. The SMILES string of the molecule is OC1C2C=CC1C1C2C=C[C@H]1O. The Labute approximate surface area is 71.2 Å². The molecule has 0 heterocycles. The molecule has 2 heteroatoms. The number of aliphatic hydroxyl groups excluding tert-OH is 2. The lowest BCUT2D eigenvalue weighted by Gasteiger charge is -2.21. The molecule has 2 bridgehead atoms. The molecule has 0 saturated heterocycles. The van der Waals surface area contributed by atoms with Gasteiger partial charge in [0.2, 0.25) is 0 Å². The van der Waals surface area contributed by atoms with Crippen LogP contribution in [0, 0.1) is 23.7 Å². The van der Waals surface area contributed by atoms with Gasteiger partial charge in [0, 0.05) is 17.8 Å². The molecular formula is C10H12O2. The van der Waals surface area contributed by atoms with E-state index in [1.807, 2.05) is 6.08 Å². The normalized spacial score (nSPS) is 59.8. The van der Waals surface area contributed by atoms with Crippen LogP contribution >= 0.6 is 0 Å². The highest BCUT2D eigenvalue weighted by atomic mass is 16.3. The van der Waals surface area contributed by atoms with Crippen molar-refractivity contribution in [2.24, 2.45) is 23.7 Å². The summed E-state index contributed by atoms with van der Waals surface area (Å²) >= 11 is 0. The van der Waals surface area contributed by atoms with Gasteiger partial charge in [-0.15, -0.1) is 0 Å². The van der Waals surface area contributed by atoms with Crippen LogP contribution in [-0.4, -0.2) is 22.4 Å². The Morgan fingerprint density at radius 1 is 0.750 bits per heavy atom. The van der Waals surface area contributed by atoms with Crippen molar-refractivity contribution in [1.29, 1.82) is 0 Å². The Morgan fingerprint density at radius 3 is 2.17 bits per heavy atom. The molecule has 2 N–H and O–H groups in total. The first-order valence-corrected chi connectivity index (χ1v) is 4.52. The molecule has 2 nitrogen and oxygen atoms in total. The summed E-state index contributed by atoms with van der Waals surface area (Å²) in [5.41, 5.74) is 0. The summed E-state index contributed by atoms with van der Waals surface area (Å²) in [5, 5.41) is 19.4. The second-order valence-electron chi connectivity index (χ2n) is 4.06. The van der Waals surface area contributed by atoms with E-state index in [2.05, 4.69) is 18.2 Å². The van der Waals surface area contributed by atoms with Gasteiger partial charge in [-0.1, -0.05) is 24.3 Å². The molecule has 3 aliphatic carbocycles. The van der Waals surface area contributed by atoms with Crippen LogP contribution < -0.4 is 0 Å². The fourth-order valence-electron chi connectivity index (χ4n) is 3.05. The van der Waals surface area contributed by atoms with Gasteiger partial charge in [-0.3, -0.25) is 0 Å². The van der Waals surface area contributed by atoms with E-state index in [0.29, 0.717) is 5.92 Å². The van der Waals surface area contributed by atoms with Gasteiger partial charge in [-0.05, 0) is 5.92 Å². The Bertz CT molecular complexity index is 269. The molecule has 1 saturated carbocycles. The first kappa shape index (κ1) is 6.87. The second kappa shape index (κ2) is 2.01. The summed E-state index contributed by atoms with van der Waals surface area (Å²) in [7, 11) is 0. The van der Waals surface area contributed by atoms with Crippen molar-refractivity contribution in [3.8, 4) is 0 Å². The zero-order valence-electron chi connectivity index (χ0n) is 6.67. The third-order valence-corrected chi connectivity index (χ3v) is 3.60. The van der Waals surface area contributed by atoms with E-state index in [1.165, 1.54) is 0 Å². The van der Waals surface area contributed by atoms with Crippen LogP contribution in [0.15, 0.2) is 24.3 Å². The van der Waals surface area contributed by atoms with Crippen LogP contribution in [0.1, 0.15) is 0 Å². The molecule has 3 aliphatic rings. The van der Waals surface area contributed by atoms with Crippen molar-refractivity contribution < 1.29 is 10.2 Å². The minimum Gasteiger partial charge on any atom is -0.392 e. The maximum Gasteiger partial charge on any atom is 0.0761 e. The summed E-state index contributed by atoms with van der Waals surface area (Å²) in [5.74, 6) is 1.12. The zero-order chi connectivity index (χ0) is 8.29. The topological polar surface area (TPSA) is 40.5 Å². The van der Waals surface area contributed by atoms with Crippen LogP contribution in [0.3, 0.4) is 0 Å². The van der Waals surface area contributed by atoms with Gasteiger partial charge in [0.05, 0.1) is 12.2 Å². The monoisotopic (exact) mass is 164 g/mol. The van der Waals surface area contributed by atoms with E-state index in [0.717, 1.165) is 0 Å². The summed E-state index contributed by atoms with van der Waals surface area (Å²) in [6.07, 6.45) is 7.52. The quantitative estimate of drug-likeness (QED) is 0.506. The Kier molecular flexibility index (Phi) is 1.15. The lowest BCUT2D eigenvalue weighted by atomic mass is 9.84. The van der Waals surface area contributed by atoms with E-state index < -0.39 is 0 Å². The fourth-order valence-corrected chi connectivity index (χ4v) is 3.05.